The lowest BCUT2D eigenvalue weighted by Crippen LogP contribution is -2.13. The number of benzene rings is 1. The highest BCUT2D eigenvalue weighted by Gasteiger charge is 2.20. The molecule has 0 saturated heterocycles. The van der Waals surface area contributed by atoms with Gasteiger partial charge < -0.3 is 0 Å². The van der Waals surface area contributed by atoms with Gasteiger partial charge in [0.1, 0.15) is 0 Å². The zero-order valence-electron chi connectivity index (χ0n) is 11.3. The first-order valence-electron chi connectivity index (χ1n) is 6.82. The summed E-state index contributed by atoms with van der Waals surface area (Å²) in [5.41, 5.74) is 1.28. The zero-order valence-corrected chi connectivity index (χ0v) is 11.3. The van der Waals surface area contributed by atoms with E-state index in [1.54, 1.807) is 6.08 Å². The maximum Gasteiger partial charge on any atom is 0.195 e. The third-order valence-electron chi connectivity index (χ3n) is 4.04. The van der Waals surface area contributed by atoms with Crippen LogP contribution in [0.25, 0.3) is 6.08 Å². The Bertz CT molecular complexity index is 479. The third kappa shape index (κ3) is 3.20. The molecule has 1 aliphatic rings. The molecule has 1 aromatic rings. The van der Waals surface area contributed by atoms with Crippen molar-refractivity contribution >= 4 is 6.08 Å². The third-order valence-corrected chi connectivity index (χ3v) is 4.04. The summed E-state index contributed by atoms with van der Waals surface area (Å²) in [5.74, 6) is -2.22. The van der Waals surface area contributed by atoms with Crippen molar-refractivity contribution in [2.75, 3.05) is 0 Å². The number of allylic oxidation sites excluding steroid dienone is 1. The summed E-state index contributed by atoms with van der Waals surface area (Å²) in [6.45, 7) is 4.43. The maximum absolute atomic E-state index is 13.6. The summed E-state index contributed by atoms with van der Waals surface area (Å²) in [7, 11) is 0. The number of hydrogen-bond donors (Lipinski definition) is 0. The highest BCUT2D eigenvalue weighted by Crippen LogP contribution is 2.34. The molecule has 0 radical (unpaired) electrons. The van der Waals surface area contributed by atoms with Gasteiger partial charge in [0.05, 0.1) is 0 Å². The number of hydrogen-bond acceptors (Lipinski definition) is 0. The van der Waals surface area contributed by atoms with Gasteiger partial charge >= 0.3 is 0 Å². The van der Waals surface area contributed by atoms with Gasteiger partial charge in [-0.25, -0.2) is 13.2 Å². The van der Waals surface area contributed by atoms with Crippen molar-refractivity contribution in [2.24, 2.45) is 11.8 Å². The molecule has 2 rings (SSSR count). The second-order valence-electron chi connectivity index (χ2n) is 5.65. The zero-order chi connectivity index (χ0) is 14.0. The van der Waals surface area contributed by atoms with Gasteiger partial charge in [0.2, 0.25) is 0 Å². The lowest BCUT2D eigenvalue weighted by Gasteiger charge is -2.27. The minimum absolute atomic E-state index is 0.150. The Labute approximate surface area is 112 Å². The van der Waals surface area contributed by atoms with Crippen LogP contribution in [-0.4, -0.2) is 0 Å². The van der Waals surface area contributed by atoms with E-state index in [-0.39, 0.29) is 5.56 Å². The van der Waals surface area contributed by atoms with Crippen LogP contribution in [0.15, 0.2) is 17.7 Å². The van der Waals surface area contributed by atoms with Crippen LogP contribution in [0.4, 0.5) is 13.2 Å². The molecule has 0 aromatic heterocycles. The molecule has 0 atom stereocenters. The van der Waals surface area contributed by atoms with E-state index < -0.39 is 17.5 Å². The molecule has 0 N–H and O–H groups in total. The molecule has 19 heavy (non-hydrogen) atoms. The molecule has 104 valence electrons. The van der Waals surface area contributed by atoms with E-state index >= 15 is 0 Å². The molecule has 0 unspecified atom stereocenters. The first kappa shape index (κ1) is 14.2. The van der Waals surface area contributed by atoms with Crippen LogP contribution in [0, 0.1) is 29.3 Å². The van der Waals surface area contributed by atoms with Gasteiger partial charge in [0, 0.05) is 5.56 Å². The van der Waals surface area contributed by atoms with Crippen molar-refractivity contribution in [2.45, 2.75) is 39.5 Å². The summed E-state index contributed by atoms with van der Waals surface area (Å²) in [4.78, 5) is 0. The molecule has 1 fully saturated rings. The van der Waals surface area contributed by atoms with E-state index in [2.05, 4.69) is 13.8 Å². The van der Waals surface area contributed by atoms with Crippen LogP contribution in [0.1, 0.15) is 45.1 Å². The summed E-state index contributed by atoms with van der Waals surface area (Å²) in [6, 6.07) is 2.28. The molecule has 0 bridgehead atoms. The van der Waals surface area contributed by atoms with Crippen LogP contribution in [0.2, 0.25) is 0 Å². The van der Waals surface area contributed by atoms with Gasteiger partial charge in [0.15, 0.2) is 17.5 Å². The molecular formula is C16H19F3. The first-order chi connectivity index (χ1) is 8.99. The van der Waals surface area contributed by atoms with Crippen LogP contribution < -0.4 is 0 Å². The molecule has 0 spiro atoms. The Morgan fingerprint density at radius 1 is 1.05 bits per heavy atom. The summed E-state index contributed by atoms with van der Waals surface area (Å²) < 4.78 is 39.5. The fraction of sp³-hybridized carbons (Fsp3) is 0.500. The van der Waals surface area contributed by atoms with Gasteiger partial charge in [-0.05, 0) is 49.7 Å². The van der Waals surface area contributed by atoms with Crippen molar-refractivity contribution in [1.29, 1.82) is 0 Å². The molecular weight excluding hydrogens is 249 g/mol. The monoisotopic (exact) mass is 268 g/mol. The van der Waals surface area contributed by atoms with Crippen LogP contribution >= 0.6 is 0 Å². The largest absolute Gasteiger partial charge is 0.204 e. The number of rotatable bonds is 2. The van der Waals surface area contributed by atoms with Gasteiger partial charge in [0.25, 0.3) is 0 Å². The molecule has 3 heteroatoms. The maximum atomic E-state index is 13.6. The smallest absolute Gasteiger partial charge is 0.195 e. The Hall–Kier alpha value is -1.25. The molecule has 1 saturated carbocycles. The van der Waals surface area contributed by atoms with E-state index in [4.69, 9.17) is 0 Å². The van der Waals surface area contributed by atoms with Crippen molar-refractivity contribution < 1.29 is 13.2 Å². The fourth-order valence-corrected chi connectivity index (χ4v) is 2.69. The SMILES string of the molecule is CC(C)C1CCC(=Cc2ccc(F)c(F)c2F)CC1. The van der Waals surface area contributed by atoms with Crippen LogP contribution in [-0.2, 0) is 0 Å². The fourth-order valence-electron chi connectivity index (χ4n) is 2.69. The highest BCUT2D eigenvalue weighted by atomic mass is 19.2. The molecule has 1 aliphatic carbocycles. The van der Waals surface area contributed by atoms with Crippen LogP contribution in [0.5, 0.6) is 0 Å². The van der Waals surface area contributed by atoms with Crippen molar-refractivity contribution in [3.05, 3.63) is 40.7 Å². The van der Waals surface area contributed by atoms with E-state index in [1.165, 1.54) is 6.07 Å². The predicted octanol–water partition coefficient (Wildman–Crippen LogP) is 5.33. The van der Waals surface area contributed by atoms with E-state index in [9.17, 15) is 13.2 Å². The number of halogens is 3. The average Bonchev–Trinajstić information content (AvgIpc) is 2.40. The van der Waals surface area contributed by atoms with E-state index in [1.807, 2.05) is 0 Å². The second kappa shape index (κ2) is 5.81. The van der Waals surface area contributed by atoms with Crippen LogP contribution in [0.3, 0.4) is 0 Å². The minimum atomic E-state index is -1.38. The standard InChI is InChI=1S/C16H19F3/c1-10(2)12-5-3-11(4-6-12)9-13-7-8-14(17)16(19)15(13)18/h7-10,12H,3-6H2,1-2H3. The van der Waals surface area contributed by atoms with Crippen molar-refractivity contribution in [3.63, 3.8) is 0 Å². The normalized spacial score (nSPS) is 19.9. The van der Waals surface area contributed by atoms with Gasteiger partial charge in [-0.3, -0.25) is 0 Å². The topological polar surface area (TPSA) is 0 Å². The Morgan fingerprint density at radius 3 is 2.26 bits per heavy atom. The van der Waals surface area contributed by atoms with E-state index in [0.29, 0.717) is 11.8 Å². The molecule has 0 amide bonds. The summed E-state index contributed by atoms with van der Waals surface area (Å²) in [6.07, 6.45) is 5.69. The Morgan fingerprint density at radius 2 is 1.68 bits per heavy atom. The van der Waals surface area contributed by atoms with Crippen molar-refractivity contribution in [3.8, 4) is 0 Å². The molecule has 0 aliphatic heterocycles. The Balaban J connectivity index is 2.13. The predicted molar refractivity (Wildman–Crippen MR) is 71.1 cm³/mol. The van der Waals surface area contributed by atoms with Gasteiger partial charge in [-0.1, -0.05) is 25.5 Å². The summed E-state index contributed by atoms with van der Waals surface area (Å²) >= 11 is 0. The Kier molecular flexibility index (Phi) is 4.33. The summed E-state index contributed by atoms with van der Waals surface area (Å²) in [5, 5.41) is 0. The van der Waals surface area contributed by atoms with Gasteiger partial charge in [-0.2, -0.15) is 0 Å². The van der Waals surface area contributed by atoms with E-state index in [0.717, 1.165) is 37.3 Å². The molecule has 0 nitrogen and oxygen atoms in total. The molecule has 1 aromatic carbocycles. The van der Waals surface area contributed by atoms with Crippen molar-refractivity contribution in [1.82, 2.24) is 0 Å². The van der Waals surface area contributed by atoms with Gasteiger partial charge in [-0.15, -0.1) is 0 Å². The molecule has 0 heterocycles. The highest BCUT2D eigenvalue weighted by molar-refractivity contribution is 5.54. The lowest BCUT2D eigenvalue weighted by atomic mass is 9.79. The second-order valence-corrected chi connectivity index (χ2v) is 5.65. The quantitative estimate of drug-likeness (QED) is 0.636. The average molecular weight is 268 g/mol. The minimum Gasteiger partial charge on any atom is -0.204 e. The lowest BCUT2D eigenvalue weighted by molar-refractivity contribution is 0.312. The first-order valence-corrected chi connectivity index (χ1v) is 6.82.